The predicted octanol–water partition coefficient (Wildman–Crippen LogP) is 1.44. The molecule has 3 nitrogen and oxygen atoms in total. The minimum absolute atomic E-state index is 0. The molecule has 1 rings (SSSR count). The number of thiophene rings is 1. The molecule has 1 heterocycles. The Labute approximate surface area is 101 Å². The molecule has 0 saturated carbocycles. The van der Waals surface area contributed by atoms with Crippen molar-refractivity contribution >= 4 is 29.7 Å². The zero-order valence-corrected chi connectivity index (χ0v) is 10.4. The molecule has 0 aliphatic heterocycles. The lowest BCUT2D eigenvalue weighted by atomic mass is 10.2. The SMILES string of the molecule is CNCCNC(=O)CCc1ccsc1.Cl. The van der Waals surface area contributed by atoms with E-state index >= 15 is 0 Å². The average molecular weight is 249 g/mol. The minimum Gasteiger partial charge on any atom is -0.355 e. The molecule has 0 spiro atoms. The maximum atomic E-state index is 11.3. The largest absolute Gasteiger partial charge is 0.355 e. The lowest BCUT2D eigenvalue weighted by Crippen LogP contribution is -2.30. The van der Waals surface area contributed by atoms with E-state index in [1.807, 2.05) is 12.4 Å². The van der Waals surface area contributed by atoms with Crippen molar-refractivity contribution in [3.8, 4) is 0 Å². The lowest BCUT2D eigenvalue weighted by Gasteiger charge is -2.03. The highest BCUT2D eigenvalue weighted by molar-refractivity contribution is 7.07. The molecular formula is C10H17ClN2OS. The van der Waals surface area contributed by atoms with Crippen LogP contribution in [-0.4, -0.2) is 26.0 Å². The third-order valence-electron chi connectivity index (χ3n) is 1.92. The van der Waals surface area contributed by atoms with Gasteiger partial charge in [-0.1, -0.05) is 0 Å². The molecule has 1 aromatic heterocycles. The van der Waals surface area contributed by atoms with E-state index in [0.29, 0.717) is 13.0 Å². The summed E-state index contributed by atoms with van der Waals surface area (Å²) in [7, 11) is 1.87. The first-order chi connectivity index (χ1) is 6.83. The van der Waals surface area contributed by atoms with Crippen LogP contribution in [0, 0.1) is 0 Å². The summed E-state index contributed by atoms with van der Waals surface area (Å²) >= 11 is 1.67. The van der Waals surface area contributed by atoms with Gasteiger partial charge in [0.25, 0.3) is 0 Å². The van der Waals surface area contributed by atoms with Crippen molar-refractivity contribution in [1.82, 2.24) is 10.6 Å². The van der Waals surface area contributed by atoms with Crippen molar-refractivity contribution in [2.45, 2.75) is 12.8 Å². The van der Waals surface area contributed by atoms with Gasteiger partial charge in [-0.3, -0.25) is 4.79 Å². The minimum atomic E-state index is 0. The number of carbonyl (C=O) groups excluding carboxylic acids is 1. The summed E-state index contributed by atoms with van der Waals surface area (Å²) in [5, 5.41) is 9.95. The van der Waals surface area contributed by atoms with E-state index in [2.05, 4.69) is 22.1 Å². The molecule has 15 heavy (non-hydrogen) atoms. The number of rotatable bonds is 6. The van der Waals surface area contributed by atoms with Crippen LogP contribution in [0.5, 0.6) is 0 Å². The van der Waals surface area contributed by atoms with Crippen LogP contribution < -0.4 is 10.6 Å². The molecule has 0 bridgehead atoms. The Kier molecular flexibility index (Phi) is 8.37. The maximum Gasteiger partial charge on any atom is 0.220 e. The summed E-state index contributed by atoms with van der Waals surface area (Å²) in [6, 6.07) is 2.06. The second kappa shape index (κ2) is 8.71. The number of hydrogen-bond donors (Lipinski definition) is 2. The summed E-state index contributed by atoms with van der Waals surface area (Å²) in [5.74, 6) is 0.131. The number of likely N-dealkylation sites (N-methyl/N-ethyl adjacent to an activating group) is 1. The van der Waals surface area contributed by atoms with E-state index in [0.717, 1.165) is 13.0 Å². The van der Waals surface area contributed by atoms with Crippen LogP contribution in [0.1, 0.15) is 12.0 Å². The van der Waals surface area contributed by atoms with Gasteiger partial charge >= 0.3 is 0 Å². The van der Waals surface area contributed by atoms with Gasteiger partial charge in [0, 0.05) is 19.5 Å². The van der Waals surface area contributed by atoms with E-state index in [9.17, 15) is 4.79 Å². The van der Waals surface area contributed by atoms with Crippen LogP contribution in [0.25, 0.3) is 0 Å². The quantitative estimate of drug-likeness (QED) is 0.748. The number of amides is 1. The highest BCUT2D eigenvalue weighted by Gasteiger charge is 2.00. The van der Waals surface area contributed by atoms with Crippen LogP contribution in [0.4, 0.5) is 0 Å². The van der Waals surface area contributed by atoms with Crippen LogP contribution in [0.3, 0.4) is 0 Å². The topological polar surface area (TPSA) is 41.1 Å². The fourth-order valence-corrected chi connectivity index (χ4v) is 1.81. The van der Waals surface area contributed by atoms with Crippen molar-refractivity contribution < 1.29 is 4.79 Å². The molecule has 0 unspecified atom stereocenters. The van der Waals surface area contributed by atoms with Gasteiger partial charge in [0.15, 0.2) is 0 Å². The zero-order chi connectivity index (χ0) is 10.2. The van der Waals surface area contributed by atoms with Gasteiger partial charge in [-0.15, -0.1) is 12.4 Å². The van der Waals surface area contributed by atoms with Gasteiger partial charge in [-0.25, -0.2) is 0 Å². The normalized spacial score (nSPS) is 9.40. The molecule has 0 aromatic carbocycles. The third kappa shape index (κ3) is 6.49. The molecule has 0 aliphatic rings. The molecule has 1 aromatic rings. The molecule has 0 aliphatic carbocycles. The van der Waals surface area contributed by atoms with E-state index < -0.39 is 0 Å². The van der Waals surface area contributed by atoms with E-state index in [1.54, 1.807) is 11.3 Å². The molecule has 86 valence electrons. The van der Waals surface area contributed by atoms with E-state index in [-0.39, 0.29) is 18.3 Å². The number of hydrogen-bond acceptors (Lipinski definition) is 3. The highest BCUT2D eigenvalue weighted by atomic mass is 35.5. The Bertz CT molecular complexity index is 264. The third-order valence-corrected chi connectivity index (χ3v) is 2.65. The molecular weight excluding hydrogens is 232 g/mol. The first kappa shape index (κ1) is 14.4. The van der Waals surface area contributed by atoms with Gasteiger partial charge < -0.3 is 10.6 Å². The first-order valence-corrected chi connectivity index (χ1v) is 5.69. The first-order valence-electron chi connectivity index (χ1n) is 4.75. The predicted molar refractivity (Wildman–Crippen MR) is 66.8 cm³/mol. The monoisotopic (exact) mass is 248 g/mol. The van der Waals surface area contributed by atoms with Gasteiger partial charge in [0.1, 0.15) is 0 Å². The number of nitrogens with one attached hydrogen (secondary N) is 2. The van der Waals surface area contributed by atoms with Crippen molar-refractivity contribution in [3.05, 3.63) is 22.4 Å². The molecule has 0 radical (unpaired) electrons. The highest BCUT2D eigenvalue weighted by Crippen LogP contribution is 2.07. The number of halogens is 1. The Morgan fingerprint density at radius 3 is 2.87 bits per heavy atom. The molecule has 2 N–H and O–H groups in total. The zero-order valence-electron chi connectivity index (χ0n) is 8.79. The van der Waals surface area contributed by atoms with E-state index in [4.69, 9.17) is 0 Å². The molecule has 1 amide bonds. The van der Waals surface area contributed by atoms with Crippen molar-refractivity contribution in [1.29, 1.82) is 0 Å². The number of carbonyl (C=O) groups is 1. The van der Waals surface area contributed by atoms with Crippen LogP contribution in [0.15, 0.2) is 16.8 Å². The molecule has 0 saturated heterocycles. The van der Waals surface area contributed by atoms with Gasteiger partial charge in [0.05, 0.1) is 0 Å². The Morgan fingerprint density at radius 2 is 2.27 bits per heavy atom. The van der Waals surface area contributed by atoms with Crippen molar-refractivity contribution in [2.24, 2.45) is 0 Å². The number of aryl methyl sites for hydroxylation is 1. The Morgan fingerprint density at radius 1 is 1.47 bits per heavy atom. The van der Waals surface area contributed by atoms with Gasteiger partial charge in [0.2, 0.25) is 5.91 Å². The second-order valence-corrected chi connectivity index (χ2v) is 3.87. The average Bonchev–Trinajstić information content (AvgIpc) is 2.68. The molecule has 0 fully saturated rings. The van der Waals surface area contributed by atoms with Crippen LogP contribution in [-0.2, 0) is 11.2 Å². The summed E-state index contributed by atoms with van der Waals surface area (Å²) in [5.41, 5.74) is 1.25. The van der Waals surface area contributed by atoms with Crippen LogP contribution >= 0.6 is 23.7 Å². The van der Waals surface area contributed by atoms with Crippen LogP contribution in [0.2, 0.25) is 0 Å². The Balaban J connectivity index is 0.00000196. The van der Waals surface area contributed by atoms with E-state index in [1.165, 1.54) is 5.56 Å². The summed E-state index contributed by atoms with van der Waals surface area (Å²) < 4.78 is 0. The lowest BCUT2D eigenvalue weighted by molar-refractivity contribution is -0.121. The summed E-state index contributed by atoms with van der Waals surface area (Å²) in [6.45, 7) is 1.53. The van der Waals surface area contributed by atoms with Crippen molar-refractivity contribution in [2.75, 3.05) is 20.1 Å². The second-order valence-electron chi connectivity index (χ2n) is 3.09. The Hall–Kier alpha value is -0.580. The fourth-order valence-electron chi connectivity index (χ4n) is 1.11. The van der Waals surface area contributed by atoms with Gasteiger partial charge in [-0.2, -0.15) is 11.3 Å². The summed E-state index contributed by atoms with van der Waals surface area (Å²) in [4.78, 5) is 11.3. The standard InChI is InChI=1S/C10H16N2OS.ClH/c1-11-5-6-12-10(13)3-2-9-4-7-14-8-9;/h4,7-8,11H,2-3,5-6H2,1H3,(H,12,13);1H. The maximum absolute atomic E-state index is 11.3. The smallest absolute Gasteiger partial charge is 0.220 e. The molecule has 0 atom stereocenters. The summed E-state index contributed by atoms with van der Waals surface area (Å²) in [6.07, 6.45) is 1.43. The fraction of sp³-hybridized carbons (Fsp3) is 0.500. The van der Waals surface area contributed by atoms with Crippen molar-refractivity contribution in [3.63, 3.8) is 0 Å². The van der Waals surface area contributed by atoms with Gasteiger partial charge in [-0.05, 0) is 35.9 Å². The molecule has 5 heteroatoms.